The van der Waals surface area contributed by atoms with E-state index in [0.717, 1.165) is 47.4 Å². The summed E-state index contributed by atoms with van der Waals surface area (Å²) in [5, 5.41) is 3.01. The largest absolute Gasteiger partial charge is 0.473 e. The van der Waals surface area contributed by atoms with Crippen LogP contribution < -0.4 is 10.1 Å². The molecule has 2 aliphatic carbocycles. The molecule has 0 saturated heterocycles. The molecule has 0 radical (unpaired) electrons. The highest BCUT2D eigenvalue weighted by Crippen LogP contribution is 2.41. The minimum absolute atomic E-state index is 0.0836. The van der Waals surface area contributed by atoms with Gasteiger partial charge in [-0.3, -0.25) is 14.7 Å². The van der Waals surface area contributed by atoms with E-state index in [0.29, 0.717) is 18.5 Å². The number of nitrogens with one attached hydrogen (secondary N) is 1. The Morgan fingerprint density at radius 2 is 2.05 bits per heavy atom. The van der Waals surface area contributed by atoms with Crippen LogP contribution in [0.2, 0.25) is 0 Å². The second-order valence-corrected chi connectivity index (χ2v) is 10.3. The van der Waals surface area contributed by atoms with E-state index >= 15 is 0 Å². The lowest BCUT2D eigenvalue weighted by Crippen LogP contribution is -2.43. The van der Waals surface area contributed by atoms with Gasteiger partial charge in [-0.2, -0.15) is 0 Å². The van der Waals surface area contributed by atoms with E-state index < -0.39 is 0 Å². The molecule has 1 atom stereocenters. The molecule has 3 aromatic heterocycles. The van der Waals surface area contributed by atoms with Crippen LogP contribution in [0.25, 0.3) is 22.2 Å². The standard InChI is InChI=1S/C30H36N6O2/c1-5-28(37)33-25-17-21(8-11-26(25)35(4)16-15-34(2)3)20-38-29-18-22(12-14-31-29)24-19-36(23-9-10-23)27-7-6-13-32-30(24)27/h5-8,12-14,17-19,23,26H,1,9-11,15-16,20H2,2-4H3,(H,33,37). The molecular weight excluding hydrogens is 476 g/mol. The Labute approximate surface area is 224 Å². The van der Waals surface area contributed by atoms with E-state index in [-0.39, 0.29) is 11.9 Å². The second-order valence-electron chi connectivity index (χ2n) is 10.3. The van der Waals surface area contributed by atoms with E-state index in [9.17, 15) is 4.79 Å². The summed E-state index contributed by atoms with van der Waals surface area (Å²) in [5.41, 5.74) is 6.16. The van der Waals surface area contributed by atoms with Crippen LogP contribution in [0.1, 0.15) is 25.3 Å². The molecular formula is C30H36N6O2. The Morgan fingerprint density at radius 3 is 2.82 bits per heavy atom. The Morgan fingerprint density at radius 1 is 1.21 bits per heavy atom. The molecule has 0 aromatic carbocycles. The van der Waals surface area contributed by atoms with Gasteiger partial charge in [0.1, 0.15) is 6.61 Å². The number of carbonyl (C=O) groups is 1. The normalized spacial score (nSPS) is 17.4. The van der Waals surface area contributed by atoms with Gasteiger partial charge in [-0.15, -0.1) is 0 Å². The van der Waals surface area contributed by atoms with Crippen molar-refractivity contribution in [3.05, 3.63) is 78.9 Å². The van der Waals surface area contributed by atoms with Crippen LogP contribution in [0.5, 0.6) is 5.88 Å². The lowest BCUT2D eigenvalue weighted by molar-refractivity contribution is -0.116. The molecule has 2 aliphatic rings. The third kappa shape index (κ3) is 5.87. The average molecular weight is 513 g/mol. The topological polar surface area (TPSA) is 75.5 Å². The van der Waals surface area contributed by atoms with Gasteiger partial charge in [-0.05, 0) is 81.9 Å². The quantitative estimate of drug-likeness (QED) is 0.389. The fourth-order valence-corrected chi connectivity index (χ4v) is 4.85. The lowest BCUT2D eigenvalue weighted by atomic mass is 9.98. The molecule has 5 rings (SSSR count). The molecule has 38 heavy (non-hydrogen) atoms. The molecule has 3 aromatic rings. The number of likely N-dealkylation sites (N-methyl/N-ethyl adjacent to an activating group) is 2. The van der Waals surface area contributed by atoms with E-state index in [2.05, 4.69) is 75.7 Å². The highest BCUT2D eigenvalue weighted by molar-refractivity contribution is 5.93. The number of pyridine rings is 2. The Hall–Kier alpha value is -3.75. The van der Waals surface area contributed by atoms with Crippen LogP contribution in [0.4, 0.5) is 0 Å². The summed E-state index contributed by atoms with van der Waals surface area (Å²) >= 11 is 0. The number of carbonyl (C=O) groups excluding carboxylic acids is 1. The summed E-state index contributed by atoms with van der Waals surface area (Å²) in [6.07, 6.45) is 14.5. The predicted molar refractivity (Wildman–Crippen MR) is 151 cm³/mol. The van der Waals surface area contributed by atoms with E-state index in [1.807, 2.05) is 30.5 Å². The van der Waals surface area contributed by atoms with Crippen molar-refractivity contribution in [1.29, 1.82) is 0 Å². The van der Waals surface area contributed by atoms with E-state index in [4.69, 9.17) is 4.74 Å². The molecule has 1 fully saturated rings. The zero-order valence-electron chi connectivity index (χ0n) is 22.4. The molecule has 1 amide bonds. The van der Waals surface area contributed by atoms with Gasteiger partial charge in [0.25, 0.3) is 0 Å². The van der Waals surface area contributed by atoms with Gasteiger partial charge < -0.3 is 19.5 Å². The van der Waals surface area contributed by atoms with Gasteiger partial charge in [-0.25, -0.2) is 4.98 Å². The zero-order chi connectivity index (χ0) is 26.6. The summed E-state index contributed by atoms with van der Waals surface area (Å²) < 4.78 is 8.48. The predicted octanol–water partition coefficient (Wildman–Crippen LogP) is 4.19. The van der Waals surface area contributed by atoms with Crippen molar-refractivity contribution in [2.24, 2.45) is 0 Å². The number of nitrogens with zero attached hydrogens (tertiary/aromatic N) is 5. The summed E-state index contributed by atoms with van der Waals surface area (Å²) in [6.45, 7) is 5.79. The van der Waals surface area contributed by atoms with Crippen molar-refractivity contribution in [3.63, 3.8) is 0 Å². The van der Waals surface area contributed by atoms with Gasteiger partial charge in [-0.1, -0.05) is 12.7 Å². The maximum atomic E-state index is 12.1. The molecule has 3 heterocycles. The van der Waals surface area contributed by atoms with Crippen LogP contribution in [-0.4, -0.2) is 77.1 Å². The molecule has 1 saturated carbocycles. The Bertz CT molecular complexity index is 1380. The van der Waals surface area contributed by atoms with Crippen LogP contribution >= 0.6 is 0 Å². The van der Waals surface area contributed by atoms with Gasteiger partial charge >= 0.3 is 0 Å². The van der Waals surface area contributed by atoms with Crippen molar-refractivity contribution in [1.82, 2.24) is 29.7 Å². The highest BCUT2D eigenvalue weighted by atomic mass is 16.5. The van der Waals surface area contributed by atoms with Gasteiger partial charge in [0, 0.05) is 55.0 Å². The molecule has 0 bridgehead atoms. The molecule has 8 heteroatoms. The summed E-state index contributed by atoms with van der Waals surface area (Å²) in [4.78, 5) is 25.7. The Kier molecular flexibility index (Phi) is 7.72. The summed E-state index contributed by atoms with van der Waals surface area (Å²) in [5.74, 6) is 0.347. The number of aromatic nitrogens is 3. The average Bonchev–Trinajstić information content (AvgIpc) is 3.70. The molecule has 198 valence electrons. The first-order valence-electron chi connectivity index (χ1n) is 13.2. The summed E-state index contributed by atoms with van der Waals surface area (Å²) in [6, 6.07) is 8.77. The minimum Gasteiger partial charge on any atom is -0.473 e. The molecule has 1 unspecified atom stereocenters. The number of fused-ring (bicyclic) bond motifs is 1. The lowest BCUT2D eigenvalue weighted by Gasteiger charge is -2.32. The number of hydrogen-bond donors (Lipinski definition) is 1. The SMILES string of the molecule is C=CC(=O)NC1=CC(COc2cc(-c3cn(C4CC4)c4cccnc34)ccn2)=CCC1N(C)CCN(C)C. The maximum absolute atomic E-state index is 12.1. The van der Waals surface area contributed by atoms with Gasteiger partial charge in [0.05, 0.1) is 17.1 Å². The fraction of sp³-hybridized carbons (Fsp3) is 0.367. The number of amides is 1. The monoisotopic (exact) mass is 512 g/mol. The molecule has 1 N–H and O–H groups in total. The Balaban J connectivity index is 1.31. The van der Waals surface area contributed by atoms with Crippen LogP contribution in [0.15, 0.2) is 78.9 Å². The van der Waals surface area contributed by atoms with Crippen molar-refractivity contribution in [3.8, 4) is 17.0 Å². The molecule has 0 spiro atoms. The second kappa shape index (κ2) is 11.3. The van der Waals surface area contributed by atoms with Crippen molar-refractivity contribution in [2.45, 2.75) is 31.3 Å². The van der Waals surface area contributed by atoms with E-state index in [1.165, 1.54) is 24.4 Å². The van der Waals surface area contributed by atoms with E-state index in [1.54, 1.807) is 6.20 Å². The molecule has 0 aliphatic heterocycles. The van der Waals surface area contributed by atoms with Crippen molar-refractivity contribution >= 4 is 16.9 Å². The fourth-order valence-electron chi connectivity index (χ4n) is 4.85. The molecule has 8 nitrogen and oxygen atoms in total. The van der Waals surface area contributed by atoms with Gasteiger partial charge in [0.2, 0.25) is 11.8 Å². The third-order valence-corrected chi connectivity index (χ3v) is 7.15. The first kappa shape index (κ1) is 25.9. The first-order valence-corrected chi connectivity index (χ1v) is 13.2. The first-order chi connectivity index (χ1) is 18.4. The number of hydrogen-bond acceptors (Lipinski definition) is 6. The maximum Gasteiger partial charge on any atom is 0.247 e. The van der Waals surface area contributed by atoms with Gasteiger partial charge in [0.15, 0.2) is 0 Å². The van der Waals surface area contributed by atoms with Crippen LogP contribution in [0.3, 0.4) is 0 Å². The number of ether oxygens (including phenoxy) is 1. The summed E-state index contributed by atoms with van der Waals surface area (Å²) in [7, 11) is 6.21. The zero-order valence-corrected chi connectivity index (χ0v) is 22.4. The van der Waals surface area contributed by atoms with Crippen LogP contribution in [-0.2, 0) is 4.79 Å². The smallest absolute Gasteiger partial charge is 0.247 e. The minimum atomic E-state index is -0.210. The number of rotatable bonds is 11. The highest BCUT2D eigenvalue weighted by Gasteiger charge is 2.27. The van der Waals surface area contributed by atoms with Crippen LogP contribution in [0, 0.1) is 0 Å². The van der Waals surface area contributed by atoms with Crippen molar-refractivity contribution in [2.75, 3.05) is 40.8 Å². The third-order valence-electron chi connectivity index (χ3n) is 7.15. The van der Waals surface area contributed by atoms with Crippen molar-refractivity contribution < 1.29 is 9.53 Å².